The largest absolute Gasteiger partial charge is 0.346 e. The van der Waals surface area contributed by atoms with Crippen molar-refractivity contribution in [1.82, 2.24) is 10.6 Å². The second-order valence-corrected chi connectivity index (χ2v) is 15.1. The molecule has 0 heterocycles. The number of carbonyl (C=O) groups is 2. The molecule has 2 bridgehead atoms. The summed E-state index contributed by atoms with van der Waals surface area (Å²) in [6.07, 6.45) is 0. The summed E-state index contributed by atoms with van der Waals surface area (Å²) in [5.74, 6) is -0.526. The van der Waals surface area contributed by atoms with Crippen LogP contribution in [-0.2, 0) is 0 Å². The van der Waals surface area contributed by atoms with Gasteiger partial charge in [-0.25, -0.2) is 0 Å². The minimum atomic E-state index is -1.00. The van der Waals surface area contributed by atoms with Crippen LogP contribution in [0.2, 0.25) is 0 Å². The second-order valence-electron chi connectivity index (χ2n) is 12.3. The fourth-order valence-corrected chi connectivity index (χ4v) is 10.4. The summed E-state index contributed by atoms with van der Waals surface area (Å²) < 4.78 is 0. The quantitative estimate of drug-likeness (QED) is 0.203. The van der Waals surface area contributed by atoms with Crippen molar-refractivity contribution in [3.8, 4) is 0 Å². The number of fused-ring (bicyclic) bond motifs is 1. The number of nitrogens with one attached hydrogen (secondary N) is 2. The molecule has 4 nitrogen and oxygen atoms in total. The van der Waals surface area contributed by atoms with Gasteiger partial charge in [-0.1, -0.05) is 146 Å². The van der Waals surface area contributed by atoms with E-state index in [9.17, 15) is 9.59 Å². The monoisotopic (exact) mass is 660 g/mol. The van der Waals surface area contributed by atoms with Crippen LogP contribution in [0.15, 0.2) is 158 Å². The smallest absolute Gasteiger partial charge is 0.252 e. The molecule has 3 aliphatic rings. The lowest BCUT2D eigenvalue weighted by Crippen LogP contribution is -2.62. The Kier molecular flexibility index (Phi) is 8.22. The van der Waals surface area contributed by atoms with Crippen LogP contribution in [0, 0.1) is 0 Å². The third kappa shape index (κ3) is 5.36. The molecule has 3 atom stereocenters. The van der Waals surface area contributed by atoms with Gasteiger partial charge in [0.05, 0.1) is 12.1 Å². The Morgan fingerprint density at radius 1 is 0.458 bits per heavy atom. The zero-order chi connectivity index (χ0) is 32.6. The average Bonchev–Trinajstić information content (AvgIpc) is 3.13. The summed E-state index contributed by atoms with van der Waals surface area (Å²) in [5, 5.41) is 11.1. The molecule has 48 heavy (non-hydrogen) atoms. The Balaban J connectivity index is 1.23. The van der Waals surface area contributed by atoms with Crippen molar-refractivity contribution >= 4 is 50.2 Å². The van der Waals surface area contributed by atoms with E-state index in [1.165, 1.54) is 32.9 Å². The molecule has 0 spiro atoms. The van der Waals surface area contributed by atoms with Crippen molar-refractivity contribution in [2.45, 2.75) is 23.9 Å². The van der Waals surface area contributed by atoms with E-state index in [4.69, 9.17) is 0 Å². The summed E-state index contributed by atoms with van der Waals surface area (Å²) in [5.41, 5.74) is 6.07. The molecule has 2 amide bonds. The van der Waals surface area contributed by atoms with E-state index < -0.39 is 7.92 Å². The SMILES string of the molecule is O=C(NC1C2c3ccccc3C(c3ccccc32)C1NC(=O)c1ccccc1P(c1ccccc1)c1ccccc1)c1ccccc1P. The number of rotatable bonds is 7. The molecule has 0 aliphatic heterocycles. The zero-order valence-corrected chi connectivity index (χ0v) is 28.2. The van der Waals surface area contributed by atoms with Crippen molar-refractivity contribution in [2.75, 3.05) is 0 Å². The van der Waals surface area contributed by atoms with Gasteiger partial charge in [-0.2, -0.15) is 0 Å². The number of carbonyl (C=O) groups excluding carboxylic acids is 2. The maximum atomic E-state index is 14.7. The van der Waals surface area contributed by atoms with Crippen LogP contribution in [0.4, 0.5) is 0 Å². The Morgan fingerprint density at radius 3 is 1.31 bits per heavy atom. The van der Waals surface area contributed by atoms with E-state index in [0.717, 1.165) is 10.6 Å². The van der Waals surface area contributed by atoms with Gasteiger partial charge in [0.25, 0.3) is 11.8 Å². The van der Waals surface area contributed by atoms with Gasteiger partial charge >= 0.3 is 0 Å². The fraction of sp³-hybridized carbons (Fsp3) is 0.0952. The van der Waals surface area contributed by atoms with Gasteiger partial charge in [-0.15, -0.1) is 9.24 Å². The van der Waals surface area contributed by atoms with Crippen LogP contribution < -0.4 is 31.9 Å². The van der Waals surface area contributed by atoms with Gasteiger partial charge in [-0.05, 0) is 63.5 Å². The van der Waals surface area contributed by atoms with E-state index in [0.29, 0.717) is 11.1 Å². The van der Waals surface area contributed by atoms with Gasteiger partial charge < -0.3 is 10.6 Å². The number of amides is 2. The minimum Gasteiger partial charge on any atom is -0.346 e. The topological polar surface area (TPSA) is 58.2 Å². The van der Waals surface area contributed by atoms with E-state index in [-0.39, 0.29) is 35.7 Å². The van der Waals surface area contributed by atoms with Crippen LogP contribution in [-0.4, -0.2) is 23.9 Å². The molecule has 2 N–H and O–H groups in total. The fourth-order valence-electron chi connectivity index (χ4n) is 7.63. The molecule has 9 rings (SSSR count). The lowest BCUT2D eigenvalue weighted by Gasteiger charge is -2.51. The lowest BCUT2D eigenvalue weighted by molar-refractivity contribution is 0.0859. The first-order valence-corrected chi connectivity index (χ1v) is 18.1. The van der Waals surface area contributed by atoms with Gasteiger partial charge in [0, 0.05) is 23.0 Å². The Hall–Kier alpha value is -4.88. The molecule has 0 aromatic heterocycles. The Morgan fingerprint density at radius 2 is 0.833 bits per heavy atom. The summed E-state index contributed by atoms with van der Waals surface area (Å²) >= 11 is 0. The first-order chi connectivity index (χ1) is 23.6. The predicted octanol–water partition coefficient (Wildman–Crippen LogP) is 6.13. The van der Waals surface area contributed by atoms with Gasteiger partial charge in [0.2, 0.25) is 0 Å². The third-order valence-corrected chi connectivity index (χ3v) is 12.7. The molecule has 3 unspecified atom stereocenters. The molecule has 234 valence electrons. The van der Waals surface area contributed by atoms with E-state index in [1.807, 2.05) is 54.6 Å². The molecule has 0 radical (unpaired) electrons. The molecule has 0 fully saturated rings. The molecule has 6 aromatic rings. The average molecular weight is 661 g/mol. The summed E-state index contributed by atoms with van der Waals surface area (Å²) in [6.45, 7) is 0. The summed E-state index contributed by atoms with van der Waals surface area (Å²) in [6, 6.07) is 52.7. The number of hydrogen-bond donors (Lipinski definition) is 2. The van der Waals surface area contributed by atoms with Crippen LogP contribution in [0.1, 0.15) is 54.8 Å². The van der Waals surface area contributed by atoms with Crippen LogP contribution >= 0.6 is 17.2 Å². The van der Waals surface area contributed by atoms with E-state index >= 15 is 0 Å². The van der Waals surface area contributed by atoms with Gasteiger partial charge in [0.15, 0.2) is 0 Å². The third-order valence-electron chi connectivity index (χ3n) is 9.66. The number of hydrogen-bond acceptors (Lipinski definition) is 2. The van der Waals surface area contributed by atoms with Crippen LogP contribution in [0.5, 0.6) is 0 Å². The molecular weight excluding hydrogens is 626 g/mol. The maximum absolute atomic E-state index is 14.7. The Labute approximate surface area is 284 Å². The molecule has 0 saturated heterocycles. The molecule has 6 heteroatoms. The molecule has 0 saturated carbocycles. The molecular formula is C42H34N2O2P2. The second kappa shape index (κ2) is 13.0. The predicted molar refractivity (Wildman–Crippen MR) is 200 cm³/mol. The lowest BCUT2D eigenvalue weighted by atomic mass is 9.59. The first-order valence-electron chi connectivity index (χ1n) is 16.2. The number of benzene rings is 6. The first kappa shape index (κ1) is 30.5. The highest BCUT2D eigenvalue weighted by atomic mass is 31.1. The van der Waals surface area contributed by atoms with Crippen molar-refractivity contribution < 1.29 is 9.59 Å². The van der Waals surface area contributed by atoms with Crippen LogP contribution in [0.3, 0.4) is 0 Å². The summed E-state index contributed by atoms with van der Waals surface area (Å²) in [7, 11) is 1.67. The van der Waals surface area contributed by atoms with Crippen molar-refractivity contribution in [2.24, 2.45) is 0 Å². The summed E-state index contributed by atoms with van der Waals surface area (Å²) in [4.78, 5) is 28.7. The highest BCUT2D eigenvalue weighted by Gasteiger charge is 2.51. The Bertz CT molecular complexity index is 2050. The molecule has 6 aromatic carbocycles. The van der Waals surface area contributed by atoms with Crippen molar-refractivity contribution in [3.05, 3.63) is 191 Å². The van der Waals surface area contributed by atoms with Crippen molar-refractivity contribution in [1.29, 1.82) is 0 Å². The van der Waals surface area contributed by atoms with Gasteiger partial charge in [0.1, 0.15) is 0 Å². The van der Waals surface area contributed by atoms with Gasteiger partial charge in [-0.3, -0.25) is 9.59 Å². The van der Waals surface area contributed by atoms with E-state index in [2.05, 4.69) is 123 Å². The standard InChI is InChI=1S/C42H34N2O2P2/c45-41(33-23-11-13-25-35(33)47)43-39-37-29-19-7-9-21-31(29)38(32-22-10-8-20-30(32)37)40(39)44-42(46)34-24-12-14-26-36(34)48(27-15-3-1-4-16-27)28-17-5-2-6-18-28/h1-26,37-40H,47H2,(H,43,45)(H,44,46). The zero-order valence-electron chi connectivity index (χ0n) is 26.2. The highest BCUT2D eigenvalue weighted by Crippen LogP contribution is 2.53. The van der Waals surface area contributed by atoms with Crippen LogP contribution in [0.25, 0.3) is 0 Å². The van der Waals surface area contributed by atoms with Crippen molar-refractivity contribution in [3.63, 3.8) is 0 Å². The minimum absolute atomic E-state index is 0.116. The molecule has 3 aliphatic carbocycles. The highest BCUT2D eigenvalue weighted by molar-refractivity contribution is 7.80. The maximum Gasteiger partial charge on any atom is 0.252 e. The normalized spacial score (nSPS) is 18.9. The van der Waals surface area contributed by atoms with E-state index in [1.54, 1.807) is 0 Å².